The molecule has 2 nitrogen and oxygen atoms in total. The van der Waals surface area contributed by atoms with E-state index in [1.165, 1.54) is 24.3 Å². The summed E-state index contributed by atoms with van der Waals surface area (Å²) in [6.07, 6.45) is -0.371. The molecule has 0 amide bonds. The predicted molar refractivity (Wildman–Crippen MR) is 68.0 cm³/mol. The third-order valence-electron chi connectivity index (χ3n) is 2.39. The van der Waals surface area contributed by atoms with Gasteiger partial charge < -0.3 is 4.74 Å². The lowest BCUT2D eigenvalue weighted by atomic mass is 10.0. The van der Waals surface area contributed by atoms with Crippen molar-refractivity contribution in [1.29, 1.82) is 0 Å². The van der Waals surface area contributed by atoms with E-state index in [0.717, 1.165) is 0 Å². The Balaban J connectivity index is 2.86. The maximum atomic E-state index is 12.2. The first-order chi connectivity index (χ1) is 8.87. The molecule has 106 valence electrons. The van der Waals surface area contributed by atoms with Crippen LogP contribution in [0.4, 0.5) is 13.2 Å². The number of thioether (sulfide) groups is 1. The summed E-state index contributed by atoms with van der Waals surface area (Å²) in [5.74, 6) is -0.0851. The van der Waals surface area contributed by atoms with Crippen LogP contribution < -0.4 is 0 Å². The topological polar surface area (TPSA) is 26.3 Å². The lowest BCUT2D eigenvalue weighted by molar-refractivity contribution is -0.130. The summed E-state index contributed by atoms with van der Waals surface area (Å²) in [5, 5.41) is 0. The summed E-state index contributed by atoms with van der Waals surface area (Å²) in [5.41, 5.74) is -3.72. The van der Waals surface area contributed by atoms with E-state index in [0.29, 0.717) is 18.6 Å². The quantitative estimate of drug-likeness (QED) is 0.729. The maximum absolute atomic E-state index is 12.2. The van der Waals surface area contributed by atoms with Gasteiger partial charge in [-0.1, -0.05) is 19.1 Å². The van der Waals surface area contributed by atoms with Gasteiger partial charge in [0.15, 0.2) is 5.78 Å². The number of carbonyl (C=O) groups excluding carboxylic acids is 1. The summed E-state index contributed by atoms with van der Waals surface area (Å²) in [4.78, 5) is 11.8. The zero-order chi connectivity index (χ0) is 14.5. The highest BCUT2D eigenvalue weighted by Gasteiger charge is 2.29. The smallest absolute Gasteiger partial charge is 0.366 e. The number of rotatable bonds is 6. The van der Waals surface area contributed by atoms with Crippen molar-refractivity contribution >= 4 is 17.5 Å². The molecule has 0 aliphatic carbocycles. The third kappa shape index (κ3) is 5.24. The number of ether oxygens (including phenoxy) is 1. The molecular formula is C13H15F3O2S. The van der Waals surface area contributed by atoms with Crippen LogP contribution in [0.1, 0.15) is 31.9 Å². The molecule has 0 heterocycles. The molecular weight excluding hydrogens is 277 g/mol. The number of carbonyl (C=O) groups is 1. The van der Waals surface area contributed by atoms with E-state index in [9.17, 15) is 18.0 Å². The van der Waals surface area contributed by atoms with Crippen LogP contribution in [-0.4, -0.2) is 17.9 Å². The Morgan fingerprint density at radius 2 is 1.84 bits per heavy atom. The first-order valence-electron chi connectivity index (χ1n) is 5.87. The van der Waals surface area contributed by atoms with Crippen molar-refractivity contribution < 1.29 is 22.7 Å². The Kier molecular flexibility index (Phi) is 5.87. The van der Waals surface area contributed by atoms with Crippen molar-refractivity contribution in [2.75, 3.05) is 6.61 Å². The molecule has 0 N–H and O–H groups in total. The minimum absolute atomic E-state index is 0.0851. The molecule has 1 atom stereocenters. The molecule has 1 aromatic carbocycles. The maximum Gasteiger partial charge on any atom is 0.446 e. The number of benzene rings is 1. The highest BCUT2D eigenvalue weighted by Crippen LogP contribution is 2.37. The summed E-state index contributed by atoms with van der Waals surface area (Å²) in [7, 11) is 0. The van der Waals surface area contributed by atoms with Gasteiger partial charge in [0.05, 0.1) is 0 Å². The standard InChI is InChI=1S/C13H15F3O2S/c1-3-11(17)12(18-4-2)9-5-7-10(8-6-9)19-13(14,15)16/h5-8,12H,3-4H2,1-2H3. The monoisotopic (exact) mass is 292 g/mol. The van der Waals surface area contributed by atoms with Gasteiger partial charge >= 0.3 is 5.51 Å². The average molecular weight is 292 g/mol. The molecule has 0 saturated heterocycles. The van der Waals surface area contributed by atoms with Crippen LogP contribution in [0, 0.1) is 0 Å². The van der Waals surface area contributed by atoms with Crippen molar-refractivity contribution in [3.05, 3.63) is 29.8 Å². The van der Waals surface area contributed by atoms with Crippen molar-refractivity contribution in [1.82, 2.24) is 0 Å². The highest BCUT2D eigenvalue weighted by molar-refractivity contribution is 8.00. The van der Waals surface area contributed by atoms with Crippen LogP contribution in [0.2, 0.25) is 0 Å². The molecule has 1 aromatic rings. The summed E-state index contributed by atoms with van der Waals surface area (Å²) in [6.45, 7) is 3.86. The number of hydrogen-bond donors (Lipinski definition) is 0. The van der Waals surface area contributed by atoms with E-state index in [2.05, 4.69) is 0 Å². The minimum atomic E-state index is -4.31. The molecule has 6 heteroatoms. The van der Waals surface area contributed by atoms with Gasteiger partial charge in [-0.2, -0.15) is 13.2 Å². The second-order valence-corrected chi connectivity index (χ2v) is 4.91. The van der Waals surface area contributed by atoms with E-state index in [1.54, 1.807) is 13.8 Å². The van der Waals surface area contributed by atoms with Crippen LogP contribution >= 0.6 is 11.8 Å². The summed E-state index contributed by atoms with van der Waals surface area (Å²) >= 11 is -0.177. The molecule has 0 radical (unpaired) electrons. The van der Waals surface area contributed by atoms with Crippen LogP contribution in [0.5, 0.6) is 0 Å². The van der Waals surface area contributed by atoms with Crippen molar-refractivity contribution in [2.45, 2.75) is 36.8 Å². The van der Waals surface area contributed by atoms with Crippen LogP contribution in [0.25, 0.3) is 0 Å². The molecule has 0 aliphatic rings. The first-order valence-corrected chi connectivity index (χ1v) is 6.69. The molecule has 0 aliphatic heterocycles. The SMILES string of the molecule is CCOC(C(=O)CC)c1ccc(SC(F)(F)F)cc1. The zero-order valence-electron chi connectivity index (χ0n) is 10.7. The van der Waals surface area contributed by atoms with Crippen LogP contribution in [0.15, 0.2) is 29.2 Å². The minimum Gasteiger partial charge on any atom is -0.366 e. The number of ketones is 1. The Hall–Kier alpha value is -1.01. The molecule has 0 saturated carbocycles. The largest absolute Gasteiger partial charge is 0.446 e. The van der Waals surface area contributed by atoms with Gasteiger partial charge in [-0.15, -0.1) is 0 Å². The Morgan fingerprint density at radius 1 is 1.26 bits per heavy atom. The average Bonchev–Trinajstić information content (AvgIpc) is 2.34. The lowest BCUT2D eigenvalue weighted by Crippen LogP contribution is -2.15. The fourth-order valence-corrected chi connectivity index (χ4v) is 2.11. The Bertz CT molecular complexity index is 415. The van der Waals surface area contributed by atoms with Gasteiger partial charge in [-0.05, 0) is 36.4 Å². The lowest BCUT2D eigenvalue weighted by Gasteiger charge is -2.16. The van der Waals surface area contributed by atoms with Gasteiger partial charge in [-0.3, -0.25) is 4.79 Å². The fourth-order valence-electron chi connectivity index (χ4n) is 1.57. The number of hydrogen-bond acceptors (Lipinski definition) is 3. The molecule has 19 heavy (non-hydrogen) atoms. The second kappa shape index (κ2) is 6.96. The highest BCUT2D eigenvalue weighted by atomic mass is 32.2. The normalized spacial score (nSPS) is 13.3. The number of alkyl halides is 3. The third-order valence-corrected chi connectivity index (χ3v) is 3.13. The second-order valence-electron chi connectivity index (χ2n) is 3.77. The predicted octanol–water partition coefficient (Wildman–Crippen LogP) is 4.36. The molecule has 0 spiro atoms. The van der Waals surface area contributed by atoms with Gasteiger partial charge in [-0.25, -0.2) is 0 Å². The number of Topliss-reactive ketones (excluding diaryl/α,β-unsaturated/α-hetero) is 1. The molecule has 0 fully saturated rings. The van der Waals surface area contributed by atoms with Crippen molar-refractivity contribution in [3.8, 4) is 0 Å². The molecule has 0 bridgehead atoms. The van der Waals surface area contributed by atoms with E-state index in [4.69, 9.17) is 4.74 Å². The van der Waals surface area contributed by atoms with Crippen LogP contribution in [-0.2, 0) is 9.53 Å². The van der Waals surface area contributed by atoms with Gasteiger partial charge in [0.2, 0.25) is 0 Å². The summed E-state index contributed by atoms with van der Waals surface area (Å²) in [6, 6.07) is 5.70. The summed E-state index contributed by atoms with van der Waals surface area (Å²) < 4.78 is 41.9. The van der Waals surface area contributed by atoms with E-state index >= 15 is 0 Å². The Labute approximate surface area is 114 Å². The molecule has 1 rings (SSSR count). The van der Waals surface area contributed by atoms with Gasteiger partial charge in [0.1, 0.15) is 6.10 Å². The first kappa shape index (κ1) is 16.0. The molecule has 1 unspecified atom stereocenters. The van der Waals surface area contributed by atoms with Crippen molar-refractivity contribution in [3.63, 3.8) is 0 Å². The Morgan fingerprint density at radius 3 is 2.26 bits per heavy atom. The van der Waals surface area contributed by atoms with Gasteiger partial charge in [0.25, 0.3) is 0 Å². The van der Waals surface area contributed by atoms with E-state index in [1.807, 2.05) is 0 Å². The van der Waals surface area contributed by atoms with E-state index in [-0.39, 0.29) is 22.4 Å². The van der Waals surface area contributed by atoms with E-state index < -0.39 is 11.6 Å². The fraction of sp³-hybridized carbons (Fsp3) is 0.462. The molecule has 0 aromatic heterocycles. The van der Waals surface area contributed by atoms with Gasteiger partial charge in [0, 0.05) is 17.9 Å². The van der Waals surface area contributed by atoms with Crippen LogP contribution in [0.3, 0.4) is 0 Å². The van der Waals surface area contributed by atoms with Crippen molar-refractivity contribution in [2.24, 2.45) is 0 Å². The number of halogens is 3. The zero-order valence-corrected chi connectivity index (χ0v) is 11.5.